The van der Waals surface area contributed by atoms with Crippen molar-refractivity contribution in [1.82, 2.24) is 4.31 Å². The second-order valence-electron chi connectivity index (χ2n) is 5.15. The van der Waals surface area contributed by atoms with Gasteiger partial charge in [0.2, 0.25) is 10.0 Å². The number of hydrogen-bond donors (Lipinski definition) is 1. The van der Waals surface area contributed by atoms with Crippen molar-refractivity contribution >= 4 is 15.7 Å². The van der Waals surface area contributed by atoms with Gasteiger partial charge in [-0.15, -0.1) is 6.58 Å². The summed E-state index contributed by atoms with van der Waals surface area (Å²) in [5.74, 6) is -0.849. The van der Waals surface area contributed by atoms with Gasteiger partial charge in [-0.1, -0.05) is 12.1 Å². The van der Waals surface area contributed by atoms with Gasteiger partial charge in [0.15, 0.2) is 0 Å². The zero-order valence-electron chi connectivity index (χ0n) is 11.4. The molecule has 0 atom stereocenters. The molecule has 1 aromatic carbocycles. The molecule has 0 saturated heterocycles. The number of nitrogen functional groups attached to an aromatic ring is 1. The minimum absolute atomic E-state index is 0.0829. The van der Waals surface area contributed by atoms with Crippen molar-refractivity contribution in [3.8, 4) is 0 Å². The molecule has 0 aromatic heterocycles. The lowest BCUT2D eigenvalue weighted by molar-refractivity contribution is 0.269. The van der Waals surface area contributed by atoms with Crippen molar-refractivity contribution in [3.63, 3.8) is 0 Å². The second kappa shape index (κ2) is 5.30. The fourth-order valence-corrected chi connectivity index (χ4v) is 3.68. The first-order chi connectivity index (χ1) is 8.62. The van der Waals surface area contributed by atoms with E-state index >= 15 is 0 Å². The van der Waals surface area contributed by atoms with Crippen LogP contribution in [-0.4, -0.2) is 24.8 Å². The highest BCUT2D eigenvalue weighted by molar-refractivity contribution is 7.89. The first kappa shape index (κ1) is 15.7. The molecule has 0 spiro atoms. The minimum atomic E-state index is -4.02. The topological polar surface area (TPSA) is 63.4 Å². The summed E-state index contributed by atoms with van der Waals surface area (Å²) in [6.45, 7) is 8.80. The number of sulfonamides is 1. The van der Waals surface area contributed by atoms with Crippen molar-refractivity contribution in [2.75, 3.05) is 12.3 Å². The van der Waals surface area contributed by atoms with Crippen molar-refractivity contribution < 1.29 is 12.8 Å². The summed E-state index contributed by atoms with van der Waals surface area (Å²) < 4.78 is 40.1. The van der Waals surface area contributed by atoms with Gasteiger partial charge in [-0.3, -0.25) is 0 Å². The molecular weight excluding hydrogens is 267 g/mol. The number of halogens is 1. The zero-order chi connectivity index (χ0) is 14.8. The van der Waals surface area contributed by atoms with E-state index in [2.05, 4.69) is 6.58 Å². The molecule has 0 radical (unpaired) electrons. The average Bonchev–Trinajstić information content (AvgIpc) is 2.23. The molecule has 106 valence electrons. The summed E-state index contributed by atoms with van der Waals surface area (Å²) >= 11 is 0. The molecule has 0 unspecified atom stereocenters. The highest BCUT2D eigenvalue weighted by atomic mass is 32.2. The normalized spacial score (nSPS) is 12.7. The third kappa shape index (κ3) is 3.13. The smallest absolute Gasteiger partial charge is 0.248 e. The van der Waals surface area contributed by atoms with Gasteiger partial charge in [0, 0.05) is 12.1 Å². The van der Waals surface area contributed by atoms with E-state index in [9.17, 15) is 12.8 Å². The Bertz CT molecular complexity index is 557. The SMILES string of the molecule is C=CCN(C(C)(C)C)S(=O)(=O)c1c(N)cccc1F. The molecule has 0 aliphatic heterocycles. The number of anilines is 1. The molecule has 0 amide bonds. The predicted molar refractivity (Wildman–Crippen MR) is 74.7 cm³/mol. The van der Waals surface area contributed by atoms with Crippen molar-refractivity contribution in [3.05, 3.63) is 36.7 Å². The molecule has 6 heteroatoms. The van der Waals surface area contributed by atoms with Crippen LogP contribution in [-0.2, 0) is 10.0 Å². The third-order valence-electron chi connectivity index (χ3n) is 2.59. The summed E-state index contributed by atoms with van der Waals surface area (Å²) in [6, 6.07) is 3.82. The van der Waals surface area contributed by atoms with Gasteiger partial charge in [-0.25, -0.2) is 12.8 Å². The third-order valence-corrected chi connectivity index (χ3v) is 4.81. The molecule has 1 aromatic rings. The first-order valence-electron chi connectivity index (χ1n) is 5.80. The van der Waals surface area contributed by atoms with Crippen molar-refractivity contribution in [2.45, 2.75) is 31.2 Å². The number of rotatable bonds is 4. The van der Waals surface area contributed by atoms with Gasteiger partial charge < -0.3 is 5.73 Å². The van der Waals surface area contributed by atoms with Crippen molar-refractivity contribution in [2.24, 2.45) is 0 Å². The Morgan fingerprint density at radius 1 is 1.42 bits per heavy atom. The van der Waals surface area contributed by atoms with Crippen LogP contribution in [0.15, 0.2) is 35.7 Å². The molecule has 0 heterocycles. The summed E-state index contributed by atoms with van der Waals surface area (Å²) in [5.41, 5.74) is 4.81. The van der Waals surface area contributed by atoms with Crippen LogP contribution in [0.5, 0.6) is 0 Å². The highest BCUT2D eigenvalue weighted by Gasteiger charge is 2.36. The van der Waals surface area contributed by atoms with Crippen molar-refractivity contribution in [1.29, 1.82) is 0 Å². The fourth-order valence-electron chi connectivity index (χ4n) is 1.76. The van der Waals surface area contributed by atoms with E-state index in [1.165, 1.54) is 22.5 Å². The van der Waals surface area contributed by atoms with E-state index in [-0.39, 0.29) is 12.2 Å². The molecule has 0 aliphatic carbocycles. The molecule has 1 rings (SSSR count). The van der Waals surface area contributed by atoms with Crippen LogP contribution in [0.1, 0.15) is 20.8 Å². The summed E-state index contributed by atoms with van der Waals surface area (Å²) in [4.78, 5) is -0.480. The number of hydrogen-bond acceptors (Lipinski definition) is 3. The Balaban J connectivity index is 3.48. The Morgan fingerprint density at radius 2 is 2.00 bits per heavy atom. The van der Waals surface area contributed by atoms with Gasteiger partial charge in [-0.2, -0.15) is 4.31 Å². The maximum absolute atomic E-state index is 13.8. The van der Waals surface area contributed by atoms with E-state index in [4.69, 9.17) is 5.73 Å². The van der Waals surface area contributed by atoms with Gasteiger partial charge in [0.1, 0.15) is 10.7 Å². The Morgan fingerprint density at radius 3 is 2.42 bits per heavy atom. The molecule has 4 nitrogen and oxygen atoms in total. The van der Waals surface area contributed by atoms with E-state index < -0.39 is 26.3 Å². The standard InChI is InChI=1S/C13H19FN2O2S/c1-5-9-16(13(2,3)4)19(17,18)12-10(14)7-6-8-11(12)15/h5-8H,1,9,15H2,2-4H3. The summed E-state index contributed by atoms with van der Waals surface area (Å²) in [5, 5.41) is 0. The monoisotopic (exact) mass is 286 g/mol. The van der Waals surface area contributed by atoms with Gasteiger partial charge in [0.05, 0.1) is 5.69 Å². The lowest BCUT2D eigenvalue weighted by Gasteiger charge is -2.33. The molecule has 0 fully saturated rings. The lowest BCUT2D eigenvalue weighted by Crippen LogP contribution is -2.45. The zero-order valence-corrected chi connectivity index (χ0v) is 12.2. The Hall–Kier alpha value is -1.40. The molecule has 0 saturated carbocycles. The number of nitrogens with two attached hydrogens (primary N) is 1. The summed E-state index contributed by atoms with van der Waals surface area (Å²) in [7, 11) is -4.02. The average molecular weight is 286 g/mol. The van der Waals surface area contributed by atoms with E-state index in [1.807, 2.05) is 0 Å². The Kier molecular flexibility index (Phi) is 4.37. The van der Waals surface area contributed by atoms with Crippen LogP contribution in [0.25, 0.3) is 0 Å². The maximum Gasteiger partial charge on any atom is 0.248 e. The van der Waals surface area contributed by atoms with E-state index in [0.717, 1.165) is 6.07 Å². The van der Waals surface area contributed by atoms with Crippen LogP contribution in [0, 0.1) is 5.82 Å². The van der Waals surface area contributed by atoms with Crippen LogP contribution in [0.2, 0.25) is 0 Å². The molecular formula is C13H19FN2O2S. The Labute approximate surface area is 113 Å². The van der Waals surface area contributed by atoms with Crippen LogP contribution < -0.4 is 5.73 Å². The molecule has 19 heavy (non-hydrogen) atoms. The fraction of sp³-hybridized carbons (Fsp3) is 0.385. The molecule has 0 bridgehead atoms. The minimum Gasteiger partial charge on any atom is -0.398 e. The van der Waals surface area contributed by atoms with E-state index in [0.29, 0.717) is 0 Å². The van der Waals surface area contributed by atoms with Gasteiger partial charge >= 0.3 is 0 Å². The number of nitrogens with zero attached hydrogens (tertiary/aromatic N) is 1. The summed E-state index contributed by atoms with van der Waals surface area (Å²) in [6.07, 6.45) is 1.46. The second-order valence-corrected chi connectivity index (χ2v) is 6.95. The lowest BCUT2D eigenvalue weighted by atomic mass is 10.1. The molecule has 0 aliphatic rings. The maximum atomic E-state index is 13.8. The quantitative estimate of drug-likeness (QED) is 0.683. The highest BCUT2D eigenvalue weighted by Crippen LogP contribution is 2.29. The van der Waals surface area contributed by atoms with Crippen LogP contribution in [0.3, 0.4) is 0 Å². The predicted octanol–water partition coefficient (Wildman–Crippen LogP) is 2.38. The van der Waals surface area contributed by atoms with Crippen LogP contribution >= 0.6 is 0 Å². The van der Waals surface area contributed by atoms with Gasteiger partial charge in [0.25, 0.3) is 0 Å². The molecule has 2 N–H and O–H groups in total. The van der Waals surface area contributed by atoms with E-state index in [1.54, 1.807) is 20.8 Å². The number of benzene rings is 1. The van der Waals surface area contributed by atoms with Gasteiger partial charge in [-0.05, 0) is 32.9 Å². The van der Waals surface area contributed by atoms with Crippen LogP contribution in [0.4, 0.5) is 10.1 Å². The first-order valence-corrected chi connectivity index (χ1v) is 7.24. The largest absolute Gasteiger partial charge is 0.398 e.